The average Bonchev–Trinajstić information content (AvgIpc) is 2.98. The van der Waals surface area contributed by atoms with Crippen molar-refractivity contribution in [1.29, 1.82) is 0 Å². The molecule has 4 rings (SSSR count). The zero-order valence-electron chi connectivity index (χ0n) is 11.9. The smallest absolute Gasteiger partial charge is 0.315 e. The van der Waals surface area contributed by atoms with E-state index >= 15 is 0 Å². The van der Waals surface area contributed by atoms with Gasteiger partial charge in [0.25, 0.3) is 0 Å². The van der Waals surface area contributed by atoms with Gasteiger partial charge in [-0.15, -0.1) is 0 Å². The van der Waals surface area contributed by atoms with Crippen LogP contribution in [0.15, 0.2) is 4.52 Å². The molecule has 6 heteroatoms. The summed E-state index contributed by atoms with van der Waals surface area (Å²) in [5.74, 6) is 0.579. The molecule has 5 nitrogen and oxygen atoms in total. The number of rotatable bonds is 4. The van der Waals surface area contributed by atoms with Crippen LogP contribution in [0.25, 0.3) is 0 Å². The summed E-state index contributed by atoms with van der Waals surface area (Å²) in [5, 5.41) is 3.99. The number of ether oxygens (including phenoxy) is 2. The number of nitrogens with zero attached hydrogens (tertiary/aromatic N) is 1. The average molecular weight is 391 g/mol. The number of hydrogen-bond donors (Lipinski definition) is 0. The van der Waals surface area contributed by atoms with Crippen molar-refractivity contribution in [2.24, 2.45) is 5.41 Å². The van der Waals surface area contributed by atoms with Crippen LogP contribution in [0.2, 0.25) is 0 Å². The first-order chi connectivity index (χ1) is 9.48. The first-order valence-electron chi connectivity index (χ1n) is 6.82. The monoisotopic (exact) mass is 391 g/mol. The van der Waals surface area contributed by atoms with E-state index in [1.165, 1.54) is 0 Å². The van der Waals surface area contributed by atoms with Crippen molar-refractivity contribution in [3.05, 3.63) is 17.0 Å². The van der Waals surface area contributed by atoms with Crippen LogP contribution in [0.5, 0.6) is 0 Å². The van der Waals surface area contributed by atoms with Crippen molar-refractivity contribution in [3.8, 4) is 0 Å². The third-order valence-electron chi connectivity index (χ3n) is 4.42. The molecule has 2 bridgehead atoms. The van der Waals surface area contributed by atoms with Crippen LogP contribution >= 0.6 is 22.6 Å². The van der Waals surface area contributed by atoms with Gasteiger partial charge in [-0.3, -0.25) is 4.79 Å². The predicted molar refractivity (Wildman–Crippen MR) is 79.7 cm³/mol. The second kappa shape index (κ2) is 4.69. The Bertz CT molecular complexity index is 528. The van der Waals surface area contributed by atoms with E-state index in [1.807, 2.05) is 20.8 Å². The topological polar surface area (TPSA) is 61.6 Å². The van der Waals surface area contributed by atoms with E-state index in [-0.39, 0.29) is 17.7 Å². The molecule has 3 fully saturated rings. The Balaban J connectivity index is 2.00. The van der Waals surface area contributed by atoms with Crippen LogP contribution in [0, 0.1) is 19.3 Å². The molecule has 2 saturated heterocycles. The summed E-state index contributed by atoms with van der Waals surface area (Å²) in [5.41, 5.74) is 0.978. The minimum atomic E-state index is -0.553. The van der Waals surface area contributed by atoms with E-state index in [2.05, 4.69) is 27.7 Å². The van der Waals surface area contributed by atoms with Gasteiger partial charge in [0.2, 0.25) is 0 Å². The molecule has 1 saturated carbocycles. The highest BCUT2D eigenvalue weighted by molar-refractivity contribution is 14.1. The fourth-order valence-corrected chi connectivity index (χ4v) is 4.30. The first kappa shape index (κ1) is 14.3. The maximum atomic E-state index is 12.4. The molecule has 1 aliphatic carbocycles. The minimum absolute atomic E-state index is 0.150. The Labute approximate surface area is 131 Å². The molecule has 1 aromatic heterocycles. The molecule has 1 unspecified atom stereocenters. The predicted octanol–water partition coefficient (Wildman–Crippen LogP) is 2.88. The first-order valence-corrected chi connectivity index (χ1v) is 8.34. The summed E-state index contributed by atoms with van der Waals surface area (Å²) < 4.78 is 17.7. The number of carbonyl (C=O) groups is 1. The van der Waals surface area contributed by atoms with Crippen molar-refractivity contribution in [3.63, 3.8) is 0 Å². The van der Waals surface area contributed by atoms with Crippen molar-refractivity contribution in [2.45, 2.75) is 45.3 Å². The van der Waals surface area contributed by atoms with Gasteiger partial charge in [0.15, 0.2) is 0 Å². The van der Waals surface area contributed by atoms with Crippen LogP contribution in [0.4, 0.5) is 0 Å². The van der Waals surface area contributed by atoms with Crippen LogP contribution in [-0.4, -0.2) is 27.8 Å². The SMILES string of the molecule is CCOC(=O)C12CC(CI)(C1)OC2c1c(C)noc1C. The summed E-state index contributed by atoms with van der Waals surface area (Å²) in [6, 6.07) is 0. The van der Waals surface area contributed by atoms with Crippen LogP contribution in [0.1, 0.15) is 42.9 Å². The van der Waals surface area contributed by atoms with Crippen molar-refractivity contribution < 1.29 is 18.8 Å². The van der Waals surface area contributed by atoms with E-state index in [4.69, 9.17) is 14.0 Å². The molecule has 0 aromatic carbocycles. The Kier molecular flexibility index (Phi) is 3.36. The molecule has 0 amide bonds. The number of aromatic nitrogens is 1. The second-order valence-corrected chi connectivity index (χ2v) is 6.55. The molecule has 3 aliphatic rings. The van der Waals surface area contributed by atoms with Gasteiger partial charge in [-0.05, 0) is 33.6 Å². The van der Waals surface area contributed by atoms with Gasteiger partial charge >= 0.3 is 5.97 Å². The Morgan fingerprint density at radius 3 is 2.70 bits per heavy atom. The number of esters is 1. The highest BCUT2D eigenvalue weighted by atomic mass is 127. The standard InChI is InChI=1S/C14H18INO4/c1-4-18-12(17)14-5-13(6-14,7-15)19-11(14)10-8(2)16-20-9(10)3/h11H,4-7H2,1-3H3. The summed E-state index contributed by atoms with van der Waals surface area (Å²) in [7, 11) is 0. The van der Waals surface area contributed by atoms with Gasteiger partial charge in [0.1, 0.15) is 17.3 Å². The quantitative estimate of drug-likeness (QED) is 0.449. The molecular formula is C14H18INO4. The number of halogens is 1. The number of carbonyl (C=O) groups excluding carboxylic acids is 1. The van der Waals surface area contributed by atoms with Gasteiger partial charge < -0.3 is 14.0 Å². The fraction of sp³-hybridized carbons (Fsp3) is 0.714. The normalized spacial score (nSPS) is 34.9. The van der Waals surface area contributed by atoms with Crippen molar-refractivity contribution in [1.82, 2.24) is 5.16 Å². The molecule has 0 radical (unpaired) electrons. The zero-order valence-corrected chi connectivity index (χ0v) is 14.0. The lowest BCUT2D eigenvalue weighted by atomic mass is 9.59. The molecule has 3 heterocycles. The van der Waals surface area contributed by atoms with Gasteiger partial charge in [-0.2, -0.15) is 0 Å². The molecule has 20 heavy (non-hydrogen) atoms. The van der Waals surface area contributed by atoms with Crippen LogP contribution in [0.3, 0.4) is 0 Å². The Hall–Kier alpha value is -0.630. The summed E-state index contributed by atoms with van der Waals surface area (Å²) in [4.78, 5) is 12.4. The van der Waals surface area contributed by atoms with Gasteiger partial charge in [-0.1, -0.05) is 27.7 Å². The Morgan fingerprint density at radius 2 is 2.20 bits per heavy atom. The van der Waals surface area contributed by atoms with Crippen LogP contribution < -0.4 is 0 Å². The minimum Gasteiger partial charge on any atom is -0.465 e. The van der Waals surface area contributed by atoms with Crippen LogP contribution in [-0.2, 0) is 14.3 Å². The van der Waals surface area contributed by atoms with Gasteiger partial charge in [0, 0.05) is 9.99 Å². The van der Waals surface area contributed by atoms with E-state index in [0.29, 0.717) is 6.61 Å². The fourth-order valence-electron chi connectivity index (χ4n) is 3.58. The van der Waals surface area contributed by atoms with E-state index < -0.39 is 5.41 Å². The molecule has 110 valence electrons. The van der Waals surface area contributed by atoms with Crippen molar-refractivity contribution in [2.75, 3.05) is 11.0 Å². The van der Waals surface area contributed by atoms with E-state index in [0.717, 1.165) is 34.3 Å². The van der Waals surface area contributed by atoms with Gasteiger partial charge in [0.05, 0.1) is 17.9 Å². The Morgan fingerprint density at radius 1 is 1.50 bits per heavy atom. The number of aryl methyl sites for hydroxylation is 2. The zero-order chi connectivity index (χ0) is 14.5. The van der Waals surface area contributed by atoms with Crippen molar-refractivity contribution >= 4 is 28.6 Å². The third-order valence-corrected chi connectivity index (χ3v) is 5.81. The highest BCUT2D eigenvalue weighted by Crippen LogP contribution is 2.68. The summed E-state index contributed by atoms with van der Waals surface area (Å²) in [6.45, 7) is 5.98. The number of hydrogen-bond acceptors (Lipinski definition) is 5. The maximum absolute atomic E-state index is 12.4. The van der Waals surface area contributed by atoms with E-state index in [9.17, 15) is 4.79 Å². The third kappa shape index (κ3) is 1.76. The molecule has 0 N–H and O–H groups in total. The second-order valence-electron chi connectivity index (χ2n) is 5.78. The van der Waals surface area contributed by atoms with Gasteiger partial charge in [-0.25, -0.2) is 0 Å². The molecule has 1 atom stereocenters. The maximum Gasteiger partial charge on any atom is 0.315 e. The molecule has 1 aromatic rings. The lowest BCUT2D eigenvalue weighted by Gasteiger charge is -2.42. The molecule has 0 spiro atoms. The lowest BCUT2D eigenvalue weighted by Crippen LogP contribution is -2.50. The molecule has 2 aliphatic heterocycles. The largest absolute Gasteiger partial charge is 0.465 e. The van der Waals surface area contributed by atoms with E-state index in [1.54, 1.807) is 0 Å². The summed E-state index contributed by atoms with van der Waals surface area (Å²) >= 11 is 2.32. The summed E-state index contributed by atoms with van der Waals surface area (Å²) in [6.07, 6.45) is 1.18. The lowest BCUT2D eigenvalue weighted by molar-refractivity contribution is -0.161. The molecular weight excluding hydrogens is 373 g/mol. The number of alkyl halides is 1. The number of fused-ring (bicyclic) bond motifs is 1. The highest BCUT2D eigenvalue weighted by Gasteiger charge is 2.72.